The monoisotopic (exact) mass is 571 g/mol. The van der Waals surface area contributed by atoms with Crippen LogP contribution in [0.1, 0.15) is 13.8 Å². The van der Waals surface area contributed by atoms with Crippen LogP contribution in [0.25, 0.3) is 0 Å². The van der Waals surface area contributed by atoms with Gasteiger partial charge in [0.15, 0.2) is 0 Å². The number of likely N-dealkylation sites (N-methyl/N-ethyl adjacent to an activating group) is 1. The summed E-state index contributed by atoms with van der Waals surface area (Å²) in [6.07, 6.45) is 4.70. The molecule has 1 aromatic heterocycles. The van der Waals surface area contributed by atoms with Gasteiger partial charge in [0.1, 0.15) is 29.5 Å². The summed E-state index contributed by atoms with van der Waals surface area (Å²) >= 11 is 5.87. The van der Waals surface area contributed by atoms with Gasteiger partial charge in [-0.05, 0) is 43.4 Å². The first-order chi connectivity index (χ1) is 19.1. The normalized spacial score (nSPS) is 11.6. The standard InChI is InChI=1S/C28H35ClFN7O3/c1-28(2,17-40-31-3)16-37(4)12-6-7-27(38)35-20-9-11-24(39-5)23(14-20)36-26-15-25(32-18-33-26)34-19-8-10-22(30)21(29)13-19/h6-11,13-15,18,31H,12,16-17H2,1-5H3,(H,35,38)(H2,32,33,34,36)/b7-6+. The first kappa shape index (κ1) is 30.8. The number of benzene rings is 2. The van der Waals surface area contributed by atoms with E-state index in [0.29, 0.717) is 47.6 Å². The van der Waals surface area contributed by atoms with Crippen LogP contribution in [-0.2, 0) is 9.63 Å². The third kappa shape index (κ3) is 9.76. The topological polar surface area (TPSA) is 113 Å². The van der Waals surface area contributed by atoms with Crippen LogP contribution in [0.3, 0.4) is 0 Å². The van der Waals surface area contributed by atoms with Crippen LogP contribution in [0.15, 0.2) is 60.9 Å². The predicted octanol–water partition coefficient (Wildman–Crippen LogP) is 5.37. The molecule has 3 rings (SSSR count). The number of rotatable bonds is 14. The van der Waals surface area contributed by atoms with Crippen molar-refractivity contribution in [1.29, 1.82) is 0 Å². The highest BCUT2D eigenvalue weighted by Crippen LogP contribution is 2.31. The molecule has 0 saturated heterocycles. The molecule has 0 radical (unpaired) electrons. The molecular formula is C28H35ClFN7O3. The molecule has 0 atom stereocenters. The van der Waals surface area contributed by atoms with Gasteiger partial charge in [-0.2, -0.15) is 0 Å². The average Bonchev–Trinajstić information content (AvgIpc) is 2.90. The molecule has 0 aliphatic rings. The lowest BCUT2D eigenvalue weighted by atomic mass is 9.94. The van der Waals surface area contributed by atoms with Crippen molar-refractivity contribution in [2.24, 2.45) is 5.41 Å². The van der Waals surface area contributed by atoms with E-state index in [1.807, 2.05) is 13.1 Å². The van der Waals surface area contributed by atoms with Gasteiger partial charge in [-0.25, -0.2) is 19.8 Å². The number of amides is 1. The first-order valence-corrected chi connectivity index (χ1v) is 12.9. The number of anilines is 5. The number of hydrogen-bond acceptors (Lipinski definition) is 9. The highest BCUT2D eigenvalue weighted by molar-refractivity contribution is 6.31. The third-order valence-electron chi connectivity index (χ3n) is 5.58. The summed E-state index contributed by atoms with van der Waals surface area (Å²) in [5, 5.41) is 9.12. The molecule has 1 amide bonds. The second-order valence-corrected chi connectivity index (χ2v) is 10.2. The van der Waals surface area contributed by atoms with Crippen LogP contribution in [0.5, 0.6) is 5.75 Å². The van der Waals surface area contributed by atoms with Gasteiger partial charge in [0.2, 0.25) is 5.91 Å². The molecule has 12 heteroatoms. The van der Waals surface area contributed by atoms with Crippen LogP contribution in [-0.4, -0.2) is 61.7 Å². The van der Waals surface area contributed by atoms with E-state index in [-0.39, 0.29) is 16.3 Å². The summed E-state index contributed by atoms with van der Waals surface area (Å²) in [7, 11) is 5.28. The number of hydrogen-bond donors (Lipinski definition) is 4. The molecule has 0 fully saturated rings. The van der Waals surface area contributed by atoms with Crippen molar-refractivity contribution in [3.63, 3.8) is 0 Å². The average molecular weight is 572 g/mol. The number of nitrogens with one attached hydrogen (secondary N) is 4. The molecule has 1 heterocycles. The Labute approximate surface area is 238 Å². The minimum absolute atomic E-state index is 0.00194. The van der Waals surface area contributed by atoms with Gasteiger partial charge in [-0.3, -0.25) is 4.79 Å². The smallest absolute Gasteiger partial charge is 0.248 e. The summed E-state index contributed by atoms with van der Waals surface area (Å²) in [6.45, 7) is 6.22. The quantitative estimate of drug-likeness (QED) is 0.150. The Morgan fingerprint density at radius 3 is 2.52 bits per heavy atom. The summed E-state index contributed by atoms with van der Waals surface area (Å²) in [6, 6.07) is 11.2. The molecule has 0 saturated carbocycles. The molecule has 2 aromatic carbocycles. The molecule has 40 heavy (non-hydrogen) atoms. The fourth-order valence-electron chi connectivity index (χ4n) is 3.87. The molecule has 0 aliphatic carbocycles. The van der Waals surface area contributed by atoms with E-state index in [2.05, 4.69) is 50.1 Å². The van der Waals surface area contributed by atoms with Gasteiger partial charge < -0.3 is 30.4 Å². The molecule has 3 aromatic rings. The molecule has 10 nitrogen and oxygen atoms in total. The Morgan fingerprint density at radius 1 is 1.10 bits per heavy atom. The zero-order chi connectivity index (χ0) is 29.1. The van der Waals surface area contributed by atoms with Crippen molar-refractivity contribution < 1.29 is 18.8 Å². The van der Waals surface area contributed by atoms with Crippen LogP contribution in [0.2, 0.25) is 5.02 Å². The largest absolute Gasteiger partial charge is 0.495 e. The lowest BCUT2D eigenvalue weighted by Gasteiger charge is -2.29. The fourth-order valence-corrected chi connectivity index (χ4v) is 4.05. The van der Waals surface area contributed by atoms with Crippen molar-refractivity contribution in [2.45, 2.75) is 13.8 Å². The Morgan fingerprint density at radius 2 is 1.82 bits per heavy atom. The first-order valence-electron chi connectivity index (χ1n) is 12.5. The second kappa shape index (κ2) is 14.6. The van der Waals surface area contributed by atoms with Gasteiger partial charge in [0.05, 0.1) is 24.4 Å². The van der Waals surface area contributed by atoms with E-state index < -0.39 is 5.82 Å². The lowest BCUT2D eigenvalue weighted by molar-refractivity contribution is -0.111. The van der Waals surface area contributed by atoms with Gasteiger partial charge in [0.25, 0.3) is 0 Å². The van der Waals surface area contributed by atoms with E-state index in [0.717, 1.165) is 6.54 Å². The summed E-state index contributed by atoms with van der Waals surface area (Å²) in [5.74, 6) is 0.733. The highest BCUT2D eigenvalue weighted by atomic mass is 35.5. The molecule has 0 aliphatic heterocycles. The Hall–Kier alpha value is -3.77. The maximum Gasteiger partial charge on any atom is 0.248 e. The zero-order valence-electron chi connectivity index (χ0n) is 23.2. The number of nitrogens with zero attached hydrogens (tertiary/aromatic N) is 3. The summed E-state index contributed by atoms with van der Waals surface area (Å²) in [5.41, 5.74) is 4.38. The highest BCUT2D eigenvalue weighted by Gasteiger charge is 2.20. The van der Waals surface area contributed by atoms with Crippen LogP contribution in [0.4, 0.5) is 33.1 Å². The Balaban J connectivity index is 1.62. The molecular weight excluding hydrogens is 537 g/mol. The molecule has 0 spiro atoms. The van der Waals surface area contributed by atoms with Crippen molar-refractivity contribution in [1.82, 2.24) is 20.3 Å². The molecule has 4 N–H and O–H groups in total. The van der Waals surface area contributed by atoms with E-state index in [4.69, 9.17) is 21.2 Å². The number of carbonyl (C=O) groups excluding carboxylic acids is 1. The maximum atomic E-state index is 13.5. The predicted molar refractivity (Wildman–Crippen MR) is 157 cm³/mol. The van der Waals surface area contributed by atoms with Gasteiger partial charge >= 0.3 is 0 Å². The lowest BCUT2D eigenvalue weighted by Crippen LogP contribution is -2.36. The molecule has 214 valence electrons. The van der Waals surface area contributed by atoms with Crippen molar-refractivity contribution in [3.05, 3.63) is 71.8 Å². The number of ether oxygens (including phenoxy) is 1. The Kier molecular flexibility index (Phi) is 11.2. The van der Waals surface area contributed by atoms with E-state index in [1.165, 1.54) is 24.5 Å². The SMILES string of the molecule is CNOCC(C)(C)CN(C)C/C=C/C(=O)Nc1ccc(OC)c(Nc2cc(Nc3ccc(F)c(Cl)c3)ncn2)c1. The second-order valence-electron chi connectivity index (χ2n) is 9.83. The number of aromatic nitrogens is 2. The molecule has 0 unspecified atom stereocenters. The number of carbonyl (C=O) groups is 1. The minimum atomic E-state index is -0.505. The Bertz CT molecular complexity index is 1320. The van der Waals surface area contributed by atoms with Crippen LogP contribution < -0.4 is 26.2 Å². The van der Waals surface area contributed by atoms with E-state index >= 15 is 0 Å². The van der Waals surface area contributed by atoms with Crippen molar-refractivity contribution in [2.75, 3.05) is 56.9 Å². The fraction of sp³-hybridized carbons (Fsp3) is 0.321. The zero-order valence-corrected chi connectivity index (χ0v) is 24.0. The maximum absolute atomic E-state index is 13.5. The van der Waals surface area contributed by atoms with Gasteiger partial charge in [-0.1, -0.05) is 31.5 Å². The van der Waals surface area contributed by atoms with Crippen molar-refractivity contribution in [3.8, 4) is 5.75 Å². The van der Waals surface area contributed by atoms with E-state index in [9.17, 15) is 9.18 Å². The van der Waals surface area contributed by atoms with Gasteiger partial charge in [-0.15, -0.1) is 0 Å². The summed E-state index contributed by atoms with van der Waals surface area (Å²) in [4.78, 5) is 28.4. The van der Waals surface area contributed by atoms with Gasteiger partial charge in [0, 0.05) is 49.1 Å². The number of hydroxylamine groups is 1. The summed E-state index contributed by atoms with van der Waals surface area (Å²) < 4.78 is 18.9. The van der Waals surface area contributed by atoms with E-state index in [1.54, 1.807) is 44.5 Å². The molecule has 0 bridgehead atoms. The van der Waals surface area contributed by atoms with Crippen molar-refractivity contribution >= 4 is 46.2 Å². The number of methoxy groups -OCH3 is 1. The van der Waals surface area contributed by atoms with Crippen LogP contribution >= 0.6 is 11.6 Å². The third-order valence-corrected chi connectivity index (χ3v) is 5.87. The van der Waals surface area contributed by atoms with Crippen LogP contribution in [0, 0.1) is 11.2 Å². The minimum Gasteiger partial charge on any atom is -0.495 e. The number of halogens is 2.